The molecule has 0 bridgehead atoms. The minimum absolute atomic E-state index is 0.144. The summed E-state index contributed by atoms with van der Waals surface area (Å²) in [6.07, 6.45) is 3.07. The Labute approximate surface area is 95.1 Å². The molecule has 3 nitrogen and oxygen atoms in total. The molecular formula is C13H14N2O. The van der Waals surface area contributed by atoms with Gasteiger partial charge in [-0.2, -0.15) is 5.26 Å². The molecule has 3 heteroatoms. The van der Waals surface area contributed by atoms with Gasteiger partial charge >= 0.3 is 0 Å². The molecule has 0 saturated heterocycles. The van der Waals surface area contributed by atoms with Crippen LogP contribution in [0.4, 0.5) is 0 Å². The van der Waals surface area contributed by atoms with Gasteiger partial charge in [0.05, 0.1) is 17.0 Å². The van der Waals surface area contributed by atoms with E-state index >= 15 is 0 Å². The lowest BCUT2D eigenvalue weighted by molar-refractivity contribution is 0.0971. The van der Waals surface area contributed by atoms with Crippen molar-refractivity contribution in [3.63, 3.8) is 0 Å². The monoisotopic (exact) mass is 214 g/mol. The second-order valence-corrected chi connectivity index (χ2v) is 4.12. The number of carbonyl (C=O) groups is 1. The minimum atomic E-state index is 0.144. The van der Waals surface area contributed by atoms with E-state index < -0.39 is 0 Å². The number of rotatable bonds is 1. The Morgan fingerprint density at radius 3 is 2.81 bits per heavy atom. The highest BCUT2D eigenvalue weighted by molar-refractivity contribution is 5.99. The van der Waals surface area contributed by atoms with E-state index in [-0.39, 0.29) is 5.78 Å². The molecule has 0 spiro atoms. The van der Waals surface area contributed by atoms with Crippen LogP contribution in [0, 0.1) is 18.3 Å². The summed E-state index contributed by atoms with van der Waals surface area (Å²) >= 11 is 0. The van der Waals surface area contributed by atoms with Gasteiger partial charge in [-0.25, -0.2) is 0 Å². The fraction of sp³-hybridized carbons (Fsp3) is 0.462. The first kappa shape index (κ1) is 10.8. The van der Waals surface area contributed by atoms with Crippen molar-refractivity contribution < 1.29 is 4.79 Å². The molecule has 1 aliphatic rings. The zero-order valence-electron chi connectivity index (χ0n) is 9.63. The van der Waals surface area contributed by atoms with Crippen LogP contribution in [0.3, 0.4) is 0 Å². The van der Waals surface area contributed by atoms with Crippen molar-refractivity contribution in [2.45, 2.75) is 39.5 Å². The lowest BCUT2D eigenvalue weighted by Gasteiger charge is -2.18. The summed E-state index contributed by atoms with van der Waals surface area (Å²) in [6, 6.07) is 2.17. The molecule has 0 aromatic carbocycles. The molecule has 0 atom stereocenters. The van der Waals surface area contributed by atoms with Crippen molar-refractivity contribution in [1.29, 1.82) is 5.26 Å². The van der Waals surface area contributed by atoms with E-state index in [0.717, 1.165) is 36.2 Å². The van der Waals surface area contributed by atoms with Crippen LogP contribution in [0.25, 0.3) is 0 Å². The Balaban J connectivity index is 2.72. The average molecular weight is 214 g/mol. The van der Waals surface area contributed by atoms with Crippen molar-refractivity contribution in [2.75, 3.05) is 0 Å². The SMILES string of the molecule is CCc1nc2c(c(C)c1C#N)C(=O)CCC2. The van der Waals surface area contributed by atoms with E-state index in [9.17, 15) is 4.79 Å². The smallest absolute Gasteiger partial charge is 0.165 e. The summed E-state index contributed by atoms with van der Waals surface area (Å²) in [5, 5.41) is 9.12. The molecule has 2 rings (SSSR count). The Morgan fingerprint density at radius 1 is 1.44 bits per heavy atom. The van der Waals surface area contributed by atoms with Crippen LogP contribution < -0.4 is 0 Å². The van der Waals surface area contributed by atoms with Crippen LogP contribution in [0.2, 0.25) is 0 Å². The minimum Gasteiger partial charge on any atom is -0.294 e. The van der Waals surface area contributed by atoms with Gasteiger partial charge in [0.15, 0.2) is 5.78 Å². The molecular weight excluding hydrogens is 200 g/mol. The number of carbonyl (C=O) groups excluding carboxylic acids is 1. The van der Waals surface area contributed by atoms with Gasteiger partial charge < -0.3 is 0 Å². The number of pyridine rings is 1. The summed E-state index contributed by atoms with van der Waals surface area (Å²) < 4.78 is 0. The fourth-order valence-electron chi connectivity index (χ4n) is 2.33. The molecule has 0 fully saturated rings. The number of hydrogen-bond acceptors (Lipinski definition) is 3. The van der Waals surface area contributed by atoms with Crippen molar-refractivity contribution in [2.24, 2.45) is 0 Å². The maximum Gasteiger partial charge on any atom is 0.165 e. The second kappa shape index (κ2) is 4.05. The average Bonchev–Trinajstić information content (AvgIpc) is 2.28. The largest absolute Gasteiger partial charge is 0.294 e. The van der Waals surface area contributed by atoms with E-state index in [1.54, 1.807) is 0 Å². The Hall–Kier alpha value is -1.69. The molecule has 1 aromatic heterocycles. The van der Waals surface area contributed by atoms with Gasteiger partial charge in [0.25, 0.3) is 0 Å². The second-order valence-electron chi connectivity index (χ2n) is 4.12. The molecule has 0 unspecified atom stereocenters. The maximum absolute atomic E-state index is 11.8. The first-order valence-electron chi connectivity index (χ1n) is 5.64. The molecule has 1 heterocycles. The first-order valence-corrected chi connectivity index (χ1v) is 5.64. The summed E-state index contributed by atoms with van der Waals surface area (Å²) in [6.45, 7) is 3.85. The van der Waals surface area contributed by atoms with Crippen molar-refractivity contribution in [3.8, 4) is 6.07 Å². The van der Waals surface area contributed by atoms with Crippen molar-refractivity contribution >= 4 is 5.78 Å². The predicted octanol–water partition coefficient (Wildman–Crippen LogP) is 2.34. The highest BCUT2D eigenvalue weighted by Gasteiger charge is 2.24. The summed E-state index contributed by atoms with van der Waals surface area (Å²) in [7, 11) is 0. The first-order chi connectivity index (χ1) is 7.69. The lowest BCUT2D eigenvalue weighted by atomic mass is 9.88. The van der Waals surface area contributed by atoms with Gasteiger partial charge in [-0.3, -0.25) is 9.78 Å². The number of Topliss-reactive ketones (excluding diaryl/α,β-unsaturated/α-hetero) is 1. The van der Waals surface area contributed by atoms with E-state index in [1.807, 2.05) is 13.8 Å². The van der Waals surface area contributed by atoms with E-state index in [4.69, 9.17) is 5.26 Å². The predicted molar refractivity (Wildman–Crippen MR) is 60.3 cm³/mol. The number of aromatic nitrogens is 1. The lowest BCUT2D eigenvalue weighted by Crippen LogP contribution is -2.17. The van der Waals surface area contributed by atoms with Crippen LogP contribution in [0.5, 0.6) is 0 Å². The molecule has 0 amide bonds. The third-order valence-electron chi connectivity index (χ3n) is 3.14. The highest BCUT2D eigenvalue weighted by atomic mass is 16.1. The number of fused-ring (bicyclic) bond motifs is 1. The molecule has 82 valence electrons. The number of nitrogens with zero attached hydrogens (tertiary/aromatic N) is 2. The van der Waals surface area contributed by atoms with Gasteiger partial charge in [-0.1, -0.05) is 6.92 Å². The third kappa shape index (κ3) is 1.51. The Kier molecular flexibility index (Phi) is 2.74. The van der Waals surface area contributed by atoms with Crippen LogP contribution in [-0.2, 0) is 12.8 Å². The number of ketones is 1. The molecule has 0 aliphatic heterocycles. The Morgan fingerprint density at radius 2 is 2.19 bits per heavy atom. The zero-order chi connectivity index (χ0) is 11.7. The van der Waals surface area contributed by atoms with Crippen molar-refractivity contribution in [1.82, 2.24) is 4.98 Å². The van der Waals surface area contributed by atoms with Gasteiger partial charge in [0.1, 0.15) is 6.07 Å². The number of hydrogen-bond donors (Lipinski definition) is 0. The quantitative estimate of drug-likeness (QED) is 0.721. The van der Waals surface area contributed by atoms with Gasteiger partial charge in [0, 0.05) is 12.0 Å². The van der Waals surface area contributed by atoms with Crippen LogP contribution in [0.15, 0.2) is 0 Å². The third-order valence-corrected chi connectivity index (χ3v) is 3.14. The molecule has 0 saturated carbocycles. The van der Waals surface area contributed by atoms with Crippen LogP contribution in [0.1, 0.15) is 52.6 Å². The van der Waals surface area contributed by atoms with E-state index in [1.165, 1.54) is 0 Å². The van der Waals surface area contributed by atoms with Gasteiger partial charge in [-0.15, -0.1) is 0 Å². The standard InChI is InChI=1S/C13H14N2O/c1-3-10-9(7-14)8(2)13-11(15-10)5-4-6-12(13)16/h3-6H2,1-2H3. The highest BCUT2D eigenvalue weighted by Crippen LogP contribution is 2.26. The van der Waals surface area contributed by atoms with E-state index in [0.29, 0.717) is 17.5 Å². The van der Waals surface area contributed by atoms with Crippen molar-refractivity contribution in [3.05, 3.63) is 28.1 Å². The van der Waals surface area contributed by atoms with Gasteiger partial charge in [0.2, 0.25) is 0 Å². The maximum atomic E-state index is 11.8. The number of nitriles is 1. The zero-order valence-corrected chi connectivity index (χ0v) is 9.63. The summed E-state index contributed by atoms with van der Waals surface area (Å²) in [5.41, 5.74) is 3.85. The molecule has 0 N–H and O–H groups in total. The van der Waals surface area contributed by atoms with Gasteiger partial charge in [-0.05, 0) is 31.7 Å². The molecule has 0 radical (unpaired) electrons. The molecule has 16 heavy (non-hydrogen) atoms. The summed E-state index contributed by atoms with van der Waals surface area (Å²) in [4.78, 5) is 16.3. The normalized spacial score (nSPS) is 14.4. The summed E-state index contributed by atoms with van der Waals surface area (Å²) in [5.74, 6) is 0.144. The fourth-order valence-corrected chi connectivity index (χ4v) is 2.33. The molecule has 1 aromatic rings. The van der Waals surface area contributed by atoms with Crippen LogP contribution in [-0.4, -0.2) is 10.8 Å². The van der Waals surface area contributed by atoms with Crippen LogP contribution >= 0.6 is 0 Å². The molecule has 1 aliphatic carbocycles. The van der Waals surface area contributed by atoms with E-state index in [2.05, 4.69) is 11.1 Å². The number of aryl methyl sites for hydroxylation is 2. The topological polar surface area (TPSA) is 53.8 Å². The Bertz CT molecular complexity index is 498.